The summed E-state index contributed by atoms with van der Waals surface area (Å²) in [6.45, 7) is 0.166. The second kappa shape index (κ2) is 4.95. The van der Waals surface area contributed by atoms with E-state index in [1.54, 1.807) is 24.3 Å². The van der Waals surface area contributed by atoms with Gasteiger partial charge in [0, 0.05) is 23.8 Å². The molecular formula is C17H12O6. The van der Waals surface area contributed by atoms with Gasteiger partial charge in [-0.2, -0.15) is 0 Å². The van der Waals surface area contributed by atoms with Crippen LogP contribution in [0.1, 0.15) is 0 Å². The van der Waals surface area contributed by atoms with Crippen LogP contribution >= 0.6 is 0 Å². The summed E-state index contributed by atoms with van der Waals surface area (Å²) < 4.78 is 20.9. The predicted octanol–water partition coefficient (Wildman–Crippen LogP) is 2.90. The average Bonchev–Trinajstić information content (AvgIpc) is 3.00. The molecule has 2 heterocycles. The molecule has 116 valence electrons. The number of phenols is 1. The van der Waals surface area contributed by atoms with Gasteiger partial charge in [0.15, 0.2) is 11.5 Å². The van der Waals surface area contributed by atoms with Crippen LogP contribution in [0.25, 0.3) is 22.1 Å². The Labute approximate surface area is 130 Å². The van der Waals surface area contributed by atoms with Crippen molar-refractivity contribution in [2.75, 3.05) is 13.9 Å². The van der Waals surface area contributed by atoms with E-state index >= 15 is 0 Å². The van der Waals surface area contributed by atoms with E-state index < -0.39 is 5.63 Å². The molecule has 0 saturated carbocycles. The number of benzene rings is 2. The van der Waals surface area contributed by atoms with E-state index in [0.29, 0.717) is 33.8 Å². The first-order valence-electron chi connectivity index (χ1n) is 6.90. The topological polar surface area (TPSA) is 78.1 Å². The van der Waals surface area contributed by atoms with Crippen LogP contribution in [0.5, 0.6) is 23.0 Å². The number of hydrogen-bond donors (Lipinski definition) is 1. The van der Waals surface area contributed by atoms with Crippen molar-refractivity contribution in [1.82, 2.24) is 0 Å². The molecule has 0 aliphatic carbocycles. The zero-order chi connectivity index (χ0) is 16.0. The lowest BCUT2D eigenvalue weighted by molar-refractivity contribution is 0.174. The van der Waals surface area contributed by atoms with Gasteiger partial charge in [0.2, 0.25) is 6.79 Å². The van der Waals surface area contributed by atoms with Gasteiger partial charge in [0.05, 0.1) is 12.5 Å². The molecule has 0 radical (unpaired) electrons. The highest BCUT2D eigenvalue weighted by molar-refractivity contribution is 5.98. The Bertz CT molecular complexity index is 973. The van der Waals surface area contributed by atoms with Crippen molar-refractivity contribution in [2.45, 2.75) is 0 Å². The molecule has 1 aliphatic rings. The van der Waals surface area contributed by atoms with Crippen LogP contribution < -0.4 is 19.8 Å². The minimum Gasteiger partial charge on any atom is -0.507 e. The Morgan fingerprint density at radius 3 is 2.74 bits per heavy atom. The number of aromatic hydroxyl groups is 1. The molecular weight excluding hydrogens is 300 g/mol. The second-order valence-electron chi connectivity index (χ2n) is 5.07. The summed E-state index contributed by atoms with van der Waals surface area (Å²) in [6.07, 6.45) is 0. The first-order valence-corrected chi connectivity index (χ1v) is 6.90. The Morgan fingerprint density at radius 1 is 1.09 bits per heavy atom. The SMILES string of the molecule is COc1cc(O)c2c(-c3ccc4c(c3)OCO4)cc(=O)oc2c1. The van der Waals surface area contributed by atoms with E-state index in [4.69, 9.17) is 18.6 Å². The highest BCUT2D eigenvalue weighted by atomic mass is 16.7. The van der Waals surface area contributed by atoms with E-state index in [1.165, 1.54) is 19.2 Å². The number of rotatable bonds is 2. The molecule has 0 spiro atoms. The summed E-state index contributed by atoms with van der Waals surface area (Å²) in [5, 5.41) is 10.7. The van der Waals surface area contributed by atoms with Crippen LogP contribution in [0, 0.1) is 0 Å². The van der Waals surface area contributed by atoms with Gasteiger partial charge in [-0.15, -0.1) is 0 Å². The number of fused-ring (bicyclic) bond motifs is 2. The minimum atomic E-state index is -0.516. The maximum absolute atomic E-state index is 11.9. The summed E-state index contributed by atoms with van der Waals surface area (Å²) >= 11 is 0. The molecule has 4 rings (SSSR count). The largest absolute Gasteiger partial charge is 0.507 e. The van der Waals surface area contributed by atoms with Crippen LogP contribution in [0.15, 0.2) is 45.6 Å². The molecule has 3 aromatic rings. The van der Waals surface area contributed by atoms with Crippen molar-refractivity contribution >= 4 is 11.0 Å². The van der Waals surface area contributed by atoms with Gasteiger partial charge in [-0.1, -0.05) is 6.07 Å². The normalized spacial score (nSPS) is 12.6. The first-order chi connectivity index (χ1) is 11.2. The van der Waals surface area contributed by atoms with Crippen molar-refractivity contribution in [2.24, 2.45) is 0 Å². The standard InChI is InChI=1S/C17H12O6/c1-20-10-5-12(18)17-11(7-16(19)23-15(17)6-10)9-2-3-13-14(4-9)22-8-21-13/h2-7,18H,8H2,1H3. The molecule has 1 aromatic heterocycles. The summed E-state index contributed by atoms with van der Waals surface area (Å²) in [5.74, 6) is 1.61. The van der Waals surface area contributed by atoms with Gasteiger partial charge in [-0.25, -0.2) is 4.79 Å². The van der Waals surface area contributed by atoms with Crippen molar-refractivity contribution in [1.29, 1.82) is 0 Å². The van der Waals surface area contributed by atoms with Crippen molar-refractivity contribution in [3.8, 4) is 34.1 Å². The lowest BCUT2D eigenvalue weighted by Gasteiger charge is -2.09. The van der Waals surface area contributed by atoms with Gasteiger partial charge < -0.3 is 23.7 Å². The highest BCUT2D eigenvalue weighted by Crippen LogP contribution is 2.40. The van der Waals surface area contributed by atoms with E-state index in [-0.39, 0.29) is 18.1 Å². The maximum Gasteiger partial charge on any atom is 0.336 e. The maximum atomic E-state index is 11.9. The third kappa shape index (κ3) is 2.15. The van der Waals surface area contributed by atoms with Gasteiger partial charge in [-0.05, 0) is 17.7 Å². The van der Waals surface area contributed by atoms with E-state index in [2.05, 4.69) is 0 Å². The van der Waals surface area contributed by atoms with Crippen molar-refractivity contribution in [3.63, 3.8) is 0 Å². The highest BCUT2D eigenvalue weighted by Gasteiger charge is 2.18. The third-order valence-corrected chi connectivity index (χ3v) is 3.72. The molecule has 1 N–H and O–H groups in total. The smallest absolute Gasteiger partial charge is 0.336 e. The van der Waals surface area contributed by atoms with Crippen LogP contribution in [0.4, 0.5) is 0 Å². The molecule has 0 bridgehead atoms. The van der Waals surface area contributed by atoms with Crippen LogP contribution in [-0.4, -0.2) is 19.0 Å². The summed E-state index contributed by atoms with van der Waals surface area (Å²) in [7, 11) is 1.47. The molecule has 6 nitrogen and oxygen atoms in total. The van der Waals surface area contributed by atoms with Gasteiger partial charge in [0.1, 0.15) is 17.1 Å². The fourth-order valence-electron chi connectivity index (χ4n) is 2.66. The van der Waals surface area contributed by atoms with Crippen molar-refractivity contribution in [3.05, 3.63) is 46.8 Å². The molecule has 6 heteroatoms. The second-order valence-corrected chi connectivity index (χ2v) is 5.07. The fourth-order valence-corrected chi connectivity index (χ4v) is 2.66. The lowest BCUT2D eigenvalue weighted by atomic mass is 10.0. The quantitative estimate of drug-likeness (QED) is 0.733. The molecule has 0 amide bonds. The Kier molecular flexibility index (Phi) is 2.90. The van der Waals surface area contributed by atoms with E-state index in [9.17, 15) is 9.90 Å². The fraction of sp³-hybridized carbons (Fsp3) is 0.118. The predicted molar refractivity (Wildman–Crippen MR) is 82.3 cm³/mol. The molecule has 0 atom stereocenters. The number of hydrogen-bond acceptors (Lipinski definition) is 6. The zero-order valence-corrected chi connectivity index (χ0v) is 12.2. The van der Waals surface area contributed by atoms with Crippen molar-refractivity contribution < 1.29 is 23.7 Å². The number of ether oxygens (including phenoxy) is 3. The molecule has 0 saturated heterocycles. The Hall–Kier alpha value is -3.15. The average molecular weight is 312 g/mol. The zero-order valence-electron chi connectivity index (χ0n) is 12.2. The van der Waals surface area contributed by atoms with E-state index in [1.807, 2.05) is 0 Å². The van der Waals surface area contributed by atoms with Gasteiger partial charge in [0.25, 0.3) is 0 Å². The molecule has 23 heavy (non-hydrogen) atoms. The van der Waals surface area contributed by atoms with Crippen LogP contribution in [-0.2, 0) is 0 Å². The summed E-state index contributed by atoms with van der Waals surface area (Å²) in [5.41, 5.74) is 1.00. The van der Waals surface area contributed by atoms with Gasteiger partial charge in [-0.3, -0.25) is 0 Å². The van der Waals surface area contributed by atoms with Gasteiger partial charge >= 0.3 is 5.63 Å². The van der Waals surface area contributed by atoms with Crippen LogP contribution in [0.3, 0.4) is 0 Å². The monoisotopic (exact) mass is 312 g/mol. The lowest BCUT2D eigenvalue weighted by Crippen LogP contribution is -1.99. The Morgan fingerprint density at radius 2 is 1.91 bits per heavy atom. The molecule has 1 aliphatic heterocycles. The molecule has 0 fully saturated rings. The molecule has 0 unspecified atom stereocenters. The van der Waals surface area contributed by atoms with E-state index in [0.717, 1.165) is 0 Å². The summed E-state index contributed by atoms with van der Waals surface area (Å²) in [6, 6.07) is 9.70. The number of phenolic OH excluding ortho intramolecular Hbond substituents is 1. The number of methoxy groups -OCH3 is 1. The third-order valence-electron chi connectivity index (χ3n) is 3.72. The first kappa shape index (κ1) is 13.5. The summed E-state index contributed by atoms with van der Waals surface area (Å²) in [4.78, 5) is 11.9. The van der Waals surface area contributed by atoms with Crippen LogP contribution in [0.2, 0.25) is 0 Å². The molecule has 2 aromatic carbocycles. The minimum absolute atomic E-state index is 0.0317. The Balaban J connectivity index is 2.01.